The van der Waals surface area contributed by atoms with Crippen molar-refractivity contribution < 1.29 is 19.1 Å². The second-order valence-electron chi connectivity index (χ2n) is 12.7. The van der Waals surface area contributed by atoms with E-state index in [2.05, 4.69) is 4.57 Å². The van der Waals surface area contributed by atoms with Crippen LogP contribution in [-0.2, 0) is 17.8 Å². The predicted octanol–water partition coefficient (Wildman–Crippen LogP) is 5.86. The van der Waals surface area contributed by atoms with Crippen LogP contribution in [0.4, 0.5) is 4.39 Å². The van der Waals surface area contributed by atoms with Gasteiger partial charge in [-0.25, -0.2) is 9.37 Å². The van der Waals surface area contributed by atoms with Crippen molar-refractivity contribution in [3.63, 3.8) is 0 Å². The Balaban J connectivity index is 1.12. The van der Waals surface area contributed by atoms with Crippen LogP contribution in [0.3, 0.4) is 0 Å². The lowest BCUT2D eigenvalue weighted by Gasteiger charge is -2.35. The number of benzene rings is 1. The molecule has 41 heavy (non-hydrogen) atoms. The fourth-order valence-corrected chi connectivity index (χ4v) is 7.47. The molecule has 3 heterocycles. The van der Waals surface area contributed by atoms with Gasteiger partial charge in [0.15, 0.2) is 0 Å². The molecule has 2 saturated carbocycles. The molecule has 1 atom stereocenters. The Hall–Kier alpha value is -2.45. The van der Waals surface area contributed by atoms with Crippen molar-refractivity contribution in [3.05, 3.63) is 40.6 Å². The minimum atomic E-state index is -1.21. The molecule has 0 spiro atoms. The van der Waals surface area contributed by atoms with E-state index in [1.165, 1.54) is 69.9 Å². The van der Waals surface area contributed by atoms with Gasteiger partial charge < -0.3 is 19.5 Å². The van der Waals surface area contributed by atoms with Crippen molar-refractivity contribution in [2.24, 2.45) is 11.8 Å². The summed E-state index contributed by atoms with van der Waals surface area (Å²) < 4.78 is 17.4. The average molecular weight is 585 g/mol. The third-order valence-electron chi connectivity index (χ3n) is 9.92. The lowest BCUT2D eigenvalue weighted by molar-refractivity contribution is -0.143. The minimum absolute atomic E-state index is 0.00510. The molecule has 222 valence electrons. The molecule has 1 aromatic heterocycles. The summed E-state index contributed by atoms with van der Waals surface area (Å²) in [5, 5.41) is 10.6. The number of fused-ring (bicyclic) bond motifs is 1. The van der Waals surface area contributed by atoms with Crippen LogP contribution >= 0.6 is 11.6 Å². The number of hydrogen-bond acceptors (Lipinski definition) is 4. The van der Waals surface area contributed by atoms with Crippen molar-refractivity contribution in [2.75, 3.05) is 26.2 Å². The van der Waals surface area contributed by atoms with Crippen molar-refractivity contribution in [3.8, 4) is 11.3 Å². The third kappa shape index (κ3) is 6.05. The second-order valence-corrected chi connectivity index (χ2v) is 13.1. The van der Waals surface area contributed by atoms with E-state index < -0.39 is 17.3 Å². The third-order valence-corrected chi connectivity index (χ3v) is 10.3. The normalized spacial score (nSPS) is 23.6. The monoisotopic (exact) mass is 584 g/mol. The number of carbonyl (C=O) groups excluding carboxylic acids is 2. The van der Waals surface area contributed by atoms with Gasteiger partial charge in [0.2, 0.25) is 0 Å². The van der Waals surface area contributed by atoms with E-state index in [4.69, 9.17) is 16.6 Å². The van der Waals surface area contributed by atoms with Gasteiger partial charge in [0.1, 0.15) is 28.1 Å². The van der Waals surface area contributed by atoms with Crippen LogP contribution in [0.2, 0.25) is 5.15 Å². The van der Waals surface area contributed by atoms with Gasteiger partial charge >= 0.3 is 0 Å². The zero-order valence-corrected chi connectivity index (χ0v) is 24.7. The molecule has 7 nitrogen and oxygen atoms in total. The number of rotatable bonds is 4. The zero-order valence-electron chi connectivity index (χ0n) is 23.9. The molecular formula is C32H42ClFN4O3. The Kier molecular flexibility index (Phi) is 8.42. The van der Waals surface area contributed by atoms with Crippen LogP contribution in [-0.4, -0.2) is 68.1 Å². The van der Waals surface area contributed by atoms with Crippen LogP contribution in [0.1, 0.15) is 93.2 Å². The van der Waals surface area contributed by atoms with E-state index in [1.807, 2.05) is 0 Å². The van der Waals surface area contributed by atoms with E-state index in [1.54, 1.807) is 15.9 Å². The molecule has 0 bridgehead atoms. The second kappa shape index (κ2) is 12.0. The zero-order chi connectivity index (χ0) is 28.6. The highest BCUT2D eigenvalue weighted by Gasteiger charge is 2.50. The molecule has 2 aliphatic carbocycles. The standard InChI is InChI=1S/C32H42ClFN4O3/c33-29-28(35-27-21-23(12-15-38(27)29)22-8-6-4-2-1-3-5-7-9-22)24-10-11-25(26(34)20-24)30(39)36-16-18-37(19-17-36)31(40)32(41)13-14-32/h10-11,20,22-23,41H,1-9,12-19,21H2. The average Bonchev–Trinajstić information content (AvgIpc) is 3.67. The smallest absolute Gasteiger partial charge is 0.256 e. The molecule has 1 N–H and O–H groups in total. The van der Waals surface area contributed by atoms with E-state index in [0.717, 1.165) is 31.1 Å². The number of hydrogen-bond donors (Lipinski definition) is 1. The maximum atomic E-state index is 15.3. The maximum absolute atomic E-state index is 15.3. The van der Waals surface area contributed by atoms with Crippen LogP contribution in [0.15, 0.2) is 18.2 Å². The van der Waals surface area contributed by atoms with Crippen LogP contribution in [0.25, 0.3) is 11.3 Å². The topological polar surface area (TPSA) is 78.7 Å². The maximum Gasteiger partial charge on any atom is 0.256 e. The van der Waals surface area contributed by atoms with E-state index in [-0.39, 0.29) is 11.5 Å². The summed E-state index contributed by atoms with van der Waals surface area (Å²) in [5.74, 6) is 1.09. The lowest BCUT2D eigenvalue weighted by Crippen LogP contribution is -2.53. The first-order chi connectivity index (χ1) is 19.8. The molecule has 1 aromatic carbocycles. The van der Waals surface area contributed by atoms with Gasteiger partial charge in [-0.15, -0.1) is 0 Å². The lowest BCUT2D eigenvalue weighted by atomic mass is 9.78. The molecule has 2 aliphatic heterocycles. The quantitative estimate of drug-likeness (QED) is 0.489. The van der Waals surface area contributed by atoms with Gasteiger partial charge in [-0.3, -0.25) is 9.59 Å². The first kappa shape index (κ1) is 28.7. The molecular weight excluding hydrogens is 543 g/mol. The fourth-order valence-electron chi connectivity index (χ4n) is 7.14. The molecule has 3 fully saturated rings. The highest BCUT2D eigenvalue weighted by molar-refractivity contribution is 6.32. The van der Waals surface area contributed by atoms with Crippen molar-refractivity contribution in [1.29, 1.82) is 0 Å². The molecule has 1 saturated heterocycles. The first-order valence-electron chi connectivity index (χ1n) is 15.7. The van der Waals surface area contributed by atoms with Crippen LogP contribution in [0.5, 0.6) is 0 Å². The van der Waals surface area contributed by atoms with E-state index in [9.17, 15) is 14.7 Å². The van der Waals surface area contributed by atoms with Gasteiger partial charge in [-0.1, -0.05) is 75.5 Å². The summed E-state index contributed by atoms with van der Waals surface area (Å²) in [6.07, 6.45) is 15.1. The Labute approximate surface area is 247 Å². The molecule has 1 unspecified atom stereocenters. The van der Waals surface area contributed by atoms with E-state index in [0.29, 0.717) is 61.3 Å². The molecule has 2 amide bonds. The Morgan fingerprint density at radius 2 is 1.51 bits per heavy atom. The number of halogens is 2. The number of carbonyl (C=O) groups is 2. The van der Waals surface area contributed by atoms with Gasteiger partial charge in [-0.05, 0) is 43.2 Å². The Morgan fingerprint density at radius 1 is 0.878 bits per heavy atom. The van der Waals surface area contributed by atoms with Crippen LogP contribution < -0.4 is 0 Å². The molecule has 9 heteroatoms. The first-order valence-corrected chi connectivity index (χ1v) is 16.1. The fraction of sp³-hybridized carbons (Fsp3) is 0.656. The van der Waals surface area contributed by atoms with Crippen LogP contribution in [0, 0.1) is 17.7 Å². The number of amides is 2. The van der Waals surface area contributed by atoms with Crippen molar-refractivity contribution >= 4 is 23.4 Å². The molecule has 0 radical (unpaired) electrons. The summed E-state index contributed by atoms with van der Waals surface area (Å²) in [7, 11) is 0. The molecule has 4 aliphatic rings. The molecule has 2 aromatic rings. The van der Waals surface area contributed by atoms with Crippen molar-refractivity contribution in [1.82, 2.24) is 19.4 Å². The highest BCUT2D eigenvalue weighted by atomic mass is 35.5. The van der Waals surface area contributed by atoms with E-state index >= 15 is 4.39 Å². The number of aromatic nitrogens is 2. The van der Waals surface area contributed by atoms with Gasteiger partial charge in [0, 0.05) is 44.7 Å². The Bertz CT molecular complexity index is 1270. The number of aliphatic hydroxyl groups is 1. The summed E-state index contributed by atoms with van der Waals surface area (Å²) in [5.41, 5.74) is -0.0490. The van der Waals surface area contributed by atoms with Gasteiger partial charge in [0.25, 0.3) is 11.8 Å². The van der Waals surface area contributed by atoms with Gasteiger partial charge in [0.05, 0.1) is 5.56 Å². The highest BCUT2D eigenvalue weighted by Crippen LogP contribution is 2.39. The summed E-state index contributed by atoms with van der Waals surface area (Å²) in [6, 6.07) is 4.63. The predicted molar refractivity (Wildman–Crippen MR) is 156 cm³/mol. The summed E-state index contributed by atoms with van der Waals surface area (Å²) >= 11 is 6.80. The summed E-state index contributed by atoms with van der Waals surface area (Å²) in [4.78, 5) is 33.6. The Morgan fingerprint density at radius 3 is 2.15 bits per heavy atom. The summed E-state index contributed by atoms with van der Waals surface area (Å²) in [6.45, 7) is 2.13. The number of imidazole rings is 1. The SMILES string of the molecule is O=C(c1ccc(-c2nc3n(c2Cl)CCC(C2CCCCCCCCC2)C3)cc1F)N1CCN(C(=O)C2(O)CC2)CC1. The largest absolute Gasteiger partial charge is 0.380 e. The minimum Gasteiger partial charge on any atom is -0.380 e. The number of piperazine rings is 1. The van der Waals surface area contributed by atoms with Gasteiger partial charge in [-0.2, -0.15) is 0 Å². The van der Waals surface area contributed by atoms with Crippen molar-refractivity contribution in [2.45, 2.75) is 95.6 Å². The molecule has 6 rings (SSSR count). The number of nitrogens with zero attached hydrogens (tertiary/aromatic N) is 4.